The Morgan fingerprint density at radius 1 is 1.09 bits per heavy atom. The average Bonchev–Trinajstić information content (AvgIpc) is 3.63. The van der Waals surface area contributed by atoms with Gasteiger partial charge in [0.2, 0.25) is 0 Å². The normalized spacial score (nSPS) is 17.9. The number of hydrogen-bond donors (Lipinski definition) is 1. The van der Waals surface area contributed by atoms with Crippen LogP contribution in [0.1, 0.15) is 49.9 Å². The first kappa shape index (κ1) is 23.9. The molecule has 1 N–H and O–H groups in total. The predicted molar refractivity (Wildman–Crippen MR) is 122 cm³/mol. The SMILES string of the molecule is CC1=C(C(=O)NC(c2ccccn2)C(F)(F)F)C=CC(C2CC2)=C(Cc2ccc(F)cc2)CC1. The number of nitrogens with one attached hydrogen (secondary N) is 1. The molecule has 3 nitrogen and oxygen atoms in total. The molecule has 2 aromatic rings. The molecular weight excluding hydrogens is 444 g/mol. The highest BCUT2D eigenvalue weighted by molar-refractivity contribution is 5.97. The zero-order valence-electron chi connectivity index (χ0n) is 18.8. The van der Waals surface area contributed by atoms with E-state index in [1.807, 2.05) is 6.08 Å². The molecule has 0 aliphatic heterocycles. The highest BCUT2D eigenvalue weighted by Gasteiger charge is 2.43. The number of halogens is 4. The van der Waals surface area contributed by atoms with Gasteiger partial charge in [-0.05, 0) is 86.4 Å². The Balaban J connectivity index is 1.59. The Hall–Kier alpha value is -3.22. The van der Waals surface area contributed by atoms with Gasteiger partial charge < -0.3 is 5.32 Å². The van der Waals surface area contributed by atoms with E-state index in [2.05, 4.69) is 10.3 Å². The monoisotopic (exact) mass is 470 g/mol. The summed E-state index contributed by atoms with van der Waals surface area (Å²) in [5.74, 6) is -0.653. The summed E-state index contributed by atoms with van der Waals surface area (Å²) < 4.78 is 54.4. The zero-order chi connectivity index (χ0) is 24.3. The Morgan fingerprint density at radius 2 is 1.82 bits per heavy atom. The molecule has 1 fully saturated rings. The van der Waals surface area contributed by atoms with Crippen LogP contribution in [-0.4, -0.2) is 17.1 Å². The summed E-state index contributed by atoms with van der Waals surface area (Å²) in [5.41, 5.74) is 4.10. The van der Waals surface area contributed by atoms with Crippen LogP contribution in [0, 0.1) is 11.7 Å². The van der Waals surface area contributed by atoms with Gasteiger partial charge in [-0.25, -0.2) is 4.39 Å². The quantitative estimate of drug-likeness (QED) is 0.486. The molecule has 0 spiro atoms. The van der Waals surface area contributed by atoms with Gasteiger partial charge in [-0.15, -0.1) is 0 Å². The van der Waals surface area contributed by atoms with Gasteiger partial charge in [0, 0.05) is 11.8 Å². The third kappa shape index (κ3) is 5.82. The van der Waals surface area contributed by atoms with Crippen molar-refractivity contribution in [3.05, 3.63) is 100 Å². The molecule has 0 bridgehead atoms. The second kappa shape index (κ2) is 9.95. The molecule has 0 radical (unpaired) electrons. The van der Waals surface area contributed by atoms with E-state index in [1.54, 1.807) is 25.1 Å². The molecule has 34 heavy (non-hydrogen) atoms. The molecule has 2 aliphatic carbocycles. The van der Waals surface area contributed by atoms with Gasteiger partial charge in [-0.3, -0.25) is 9.78 Å². The highest BCUT2D eigenvalue weighted by Crippen LogP contribution is 2.42. The van der Waals surface area contributed by atoms with Crippen LogP contribution in [0.5, 0.6) is 0 Å². The molecule has 1 unspecified atom stereocenters. The number of carbonyl (C=O) groups excluding carboxylic acids is 1. The van der Waals surface area contributed by atoms with Gasteiger partial charge in [-0.2, -0.15) is 13.2 Å². The Morgan fingerprint density at radius 3 is 2.44 bits per heavy atom. The molecule has 7 heteroatoms. The van der Waals surface area contributed by atoms with Crippen LogP contribution in [0.2, 0.25) is 0 Å². The molecular formula is C27H26F4N2O. The van der Waals surface area contributed by atoms with Crippen molar-refractivity contribution >= 4 is 5.91 Å². The van der Waals surface area contributed by atoms with Crippen LogP contribution in [0.4, 0.5) is 17.6 Å². The molecule has 1 heterocycles. The number of benzene rings is 1. The van der Waals surface area contributed by atoms with Crippen molar-refractivity contribution in [2.75, 3.05) is 0 Å². The van der Waals surface area contributed by atoms with Crippen molar-refractivity contribution in [2.45, 2.75) is 51.2 Å². The smallest absolute Gasteiger partial charge is 0.335 e. The minimum Gasteiger partial charge on any atom is -0.335 e. The molecule has 1 aromatic carbocycles. The fraction of sp³-hybridized carbons (Fsp3) is 0.333. The van der Waals surface area contributed by atoms with E-state index in [0.29, 0.717) is 25.2 Å². The van der Waals surface area contributed by atoms with Crippen molar-refractivity contribution < 1.29 is 22.4 Å². The van der Waals surface area contributed by atoms with Gasteiger partial charge in [0.05, 0.1) is 5.69 Å². The summed E-state index contributed by atoms with van der Waals surface area (Å²) in [6.45, 7) is 1.78. The lowest BCUT2D eigenvalue weighted by molar-refractivity contribution is -0.163. The van der Waals surface area contributed by atoms with Crippen LogP contribution < -0.4 is 5.32 Å². The zero-order valence-corrected chi connectivity index (χ0v) is 18.8. The van der Waals surface area contributed by atoms with Crippen LogP contribution in [-0.2, 0) is 11.2 Å². The summed E-state index contributed by atoms with van der Waals surface area (Å²) >= 11 is 0. The second-order valence-electron chi connectivity index (χ2n) is 8.87. The Bertz CT molecular complexity index is 1130. The number of amides is 1. The molecule has 178 valence electrons. The maximum absolute atomic E-state index is 13.7. The molecule has 0 saturated heterocycles. The first-order chi connectivity index (χ1) is 16.2. The van der Waals surface area contributed by atoms with Crippen LogP contribution >= 0.6 is 0 Å². The summed E-state index contributed by atoms with van der Waals surface area (Å²) in [5, 5.41) is 2.15. The van der Waals surface area contributed by atoms with Crippen LogP contribution in [0.25, 0.3) is 0 Å². The number of hydrogen-bond acceptors (Lipinski definition) is 2. The number of rotatable bonds is 6. The fourth-order valence-electron chi connectivity index (χ4n) is 4.26. The molecule has 4 rings (SSSR count). The molecule has 1 amide bonds. The van der Waals surface area contributed by atoms with Crippen molar-refractivity contribution in [2.24, 2.45) is 5.92 Å². The average molecular weight is 471 g/mol. The van der Waals surface area contributed by atoms with E-state index in [4.69, 9.17) is 0 Å². The molecule has 1 aromatic heterocycles. The number of carbonyl (C=O) groups is 1. The number of pyridine rings is 1. The third-order valence-corrected chi connectivity index (χ3v) is 6.28. The van der Waals surface area contributed by atoms with E-state index in [1.165, 1.54) is 42.1 Å². The number of alkyl halides is 3. The lowest BCUT2D eigenvalue weighted by Crippen LogP contribution is -2.39. The van der Waals surface area contributed by atoms with E-state index >= 15 is 0 Å². The largest absolute Gasteiger partial charge is 0.414 e. The first-order valence-electron chi connectivity index (χ1n) is 11.3. The topological polar surface area (TPSA) is 42.0 Å². The van der Waals surface area contributed by atoms with Gasteiger partial charge in [-0.1, -0.05) is 35.4 Å². The minimum atomic E-state index is -4.68. The fourth-order valence-corrected chi connectivity index (χ4v) is 4.26. The van der Waals surface area contributed by atoms with E-state index < -0.39 is 18.1 Å². The molecule has 1 atom stereocenters. The summed E-state index contributed by atoms with van der Waals surface area (Å²) in [6.07, 6.45) is 4.16. The van der Waals surface area contributed by atoms with Gasteiger partial charge in [0.1, 0.15) is 5.82 Å². The van der Waals surface area contributed by atoms with Gasteiger partial charge >= 0.3 is 6.18 Å². The lowest BCUT2D eigenvalue weighted by Gasteiger charge is -2.23. The minimum absolute atomic E-state index is 0.253. The Kier molecular flexibility index (Phi) is 7.00. The first-order valence-corrected chi connectivity index (χ1v) is 11.3. The second-order valence-corrected chi connectivity index (χ2v) is 8.87. The maximum Gasteiger partial charge on any atom is 0.414 e. The summed E-state index contributed by atoms with van der Waals surface area (Å²) in [6, 6.07) is 8.48. The number of aromatic nitrogens is 1. The van der Waals surface area contributed by atoms with Crippen molar-refractivity contribution in [3.63, 3.8) is 0 Å². The number of nitrogens with zero attached hydrogens (tertiary/aromatic N) is 1. The van der Waals surface area contributed by atoms with E-state index in [0.717, 1.165) is 29.6 Å². The van der Waals surface area contributed by atoms with Gasteiger partial charge in [0.15, 0.2) is 6.04 Å². The van der Waals surface area contributed by atoms with E-state index in [-0.39, 0.29) is 17.1 Å². The van der Waals surface area contributed by atoms with Crippen molar-refractivity contribution in [1.82, 2.24) is 10.3 Å². The highest BCUT2D eigenvalue weighted by atomic mass is 19.4. The van der Waals surface area contributed by atoms with Crippen LogP contribution in [0.15, 0.2) is 83.1 Å². The van der Waals surface area contributed by atoms with Crippen LogP contribution in [0.3, 0.4) is 0 Å². The van der Waals surface area contributed by atoms with Crippen molar-refractivity contribution in [1.29, 1.82) is 0 Å². The predicted octanol–water partition coefficient (Wildman–Crippen LogP) is 6.56. The summed E-state index contributed by atoms with van der Waals surface area (Å²) in [7, 11) is 0. The summed E-state index contributed by atoms with van der Waals surface area (Å²) in [4.78, 5) is 16.8. The Labute approximate surface area is 196 Å². The lowest BCUT2D eigenvalue weighted by atomic mass is 9.88. The van der Waals surface area contributed by atoms with Crippen molar-refractivity contribution in [3.8, 4) is 0 Å². The molecule has 2 aliphatic rings. The number of allylic oxidation sites excluding steroid dienone is 4. The standard InChI is InChI=1S/C27H26F4N2O/c1-17-5-8-20(16-18-6-11-21(28)12-7-18)23(19-9-10-19)14-13-22(17)26(34)33-25(27(29,30)31)24-4-2-3-15-32-24/h2-4,6-7,11-15,19,25H,5,8-10,16H2,1H3,(H,33,34). The molecule has 1 saturated carbocycles. The van der Waals surface area contributed by atoms with E-state index in [9.17, 15) is 22.4 Å². The third-order valence-electron chi connectivity index (χ3n) is 6.28. The maximum atomic E-state index is 13.7. The van der Waals surface area contributed by atoms with Gasteiger partial charge in [0.25, 0.3) is 5.91 Å².